The van der Waals surface area contributed by atoms with Crippen molar-refractivity contribution in [2.75, 3.05) is 6.61 Å². The molecule has 2 rings (SSSR count). The van der Waals surface area contributed by atoms with E-state index in [1.165, 1.54) is 18.4 Å². The van der Waals surface area contributed by atoms with Crippen molar-refractivity contribution < 1.29 is 14.6 Å². The van der Waals surface area contributed by atoms with Crippen LogP contribution in [0.2, 0.25) is 0 Å². The molecule has 1 saturated carbocycles. The number of carbonyl (C=O) groups is 1. The maximum Gasteiger partial charge on any atom is 0.305 e. The van der Waals surface area contributed by atoms with E-state index in [1.54, 1.807) is 6.92 Å². The molecular weight excluding hydrogens is 228 g/mol. The van der Waals surface area contributed by atoms with Gasteiger partial charge in [0.05, 0.1) is 12.7 Å². The van der Waals surface area contributed by atoms with Crippen LogP contribution < -0.4 is 0 Å². The predicted octanol–water partition coefficient (Wildman–Crippen LogP) is 2.94. The standard InChI is InChI=1S/C15H20O3/c1-2-18-15(17)10-9-14(16)13-7-5-12(6-8-13)11-3-4-11/h5-8,11,14,16H,2-4,9-10H2,1H3. The van der Waals surface area contributed by atoms with Crippen molar-refractivity contribution in [2.24, 2.45) is 0 Å². The maximum atomic E-state index is 11.2. The number of esters is 1. The summed E-state index contributed by atoms with van der Waals surface area (Å²) in [6, 6.07) is 8.09. The van der Waals surface area contributed by atoms with Crippen molar-refractivity contribution in [3.63, 3.8) is 0 Å². The molecule has 0 aromatic heterocycles. The van der Waals surface area contributed by atoms with Crippen LogP contribution in [-0.4, -0.2) is 17.7 Å². The minimum Gasteiger partial charge on any atom is -0.466 e. The molecule has 1 aliphatic rings. The molecule has 0 heterocycles. The van der Waals surface area contributed by atoms with E-state index < -0.39 is 6.10 Å². The number of ether oxygens (including phenoxy) is 1. The first kappa shape index (κ1) is 13.1. The lowest BCUT2D eigenvalue weighted by Crippen LogP contribution is -2.07. The minimum absolute atomic E-state index is 0.244. The third-order valence-corrected chi connectivity index (χ3v) is 3.30. The van der Waals surface area contributed by atoms with E-state index >= 15 is 0 Å². The van der Waals surface area contributed by atoms with Crippen LogP contribution in [0, 0.1) is 0 Å². The van der Waals surface area contributed by atoms with Gasteiger partial charge in [0.15, 0.2) is 0 Å². The van der Waals surface area contributed by atoms with Crippen LogP contribution in [0.3, 0.4) is 0 Å². The molecule has 1 aromatic rings. The molecule has 1 N–H and O–H groups in total. The second-order valence-electron chi connectivity index (χ2n) is 4.80. The molecule has 1 atom stereocenters. The van der Waals surface area contributed by atoms with Gasteiger partial charge in [-0.25, -0.2) is 0 Å². The Kier molecular flexibility index (Phi) is 4.37. The molecule has 1 aromatic carbocycles. The van der Waals surface area contributed by atoms with Crippen LogP contribution in [0.25, 0.3) is 0 Å². The molecule has 0 saturated heterocycles. The molecule has 18 heavy (non-hydrogen) atoms. The maximum absolute atomic E-state index is 11.2. The zero-order valence-electron chi connectivity index (χ0n) is 10.8. The van der Waals surface area contributed by atoms with Crippen molar-refractivity contribution in [2.45, 2.75) is 44.6 Å². The number of aliphatic hydroxyl groups is 1. The first-order chi connectivity index (χ1) is 8.70. The first-order valence-corrected chi connectivity index (χ1v) is 6.64. The van der Waals surface area contributed by atoms with Gasteiger partial charge in [-0.1, -0.05) is 24.3 Å². The lowest BCUT2D eigenvalue weighted by atomic mass is 10.0. The predicted molar refractivity (Wildman–Crippen MR) is 69.2 cm³/mol. The van der Waals surface area contributed by atoms with E-state index in [-0.39, 0.29) is 12.4 Å². The molecule has 3 nitrogen and oxygen atoms in total. The van der Waals surface area contributed by atoms with E-state index in [2.05, 4.69) is 12.1 Å². The highest BCUT2D eigenvalue weighted by Gasteiger charge is 2.23. The van der Waals surface area contributed by atoms with E-state index in [4.69, 9.17) is 4.74 Å². The average Bonchev–Trinajstić information content (AvgIpc) is 3.21. The summed E-state index contributed by atoms with van der Waals surface area (Å²) in [7, 11) is 0. The fourth-order valence-corrected chi connectivity index (χ4v) is 2.06. The Balaban J connectivity index is 1.84. The molecule has 1 fully saturated rings. The van der Waals surface area contributed by atoms with Gasteiger partial charge in [0, 0.05) is 6.42 Å². The van der Waals surface area contributed by atoms with Crippen molar-refractivity contribution in [3.05, 3.63) is 35.4 Å². The number of aliphatic hydroxyl groups excluding tert-OH is 1. The van der Waals surface area contributed by atoms with Gasteiger partial charge in [0.2, 0.25) is 0 Å². The first-order valence-electron chi connectivity index (χ1n) is 6.64. The van der Waals surface area contributed by atoms with Crippen molar-refractivity contribution in [3.8, 4) is 0 Å². The molecule has 0 radical (unpaired) electrons. The van der Waals surface area contributed by atoms with E-state index in [0.29, 0.717) is 13.0 Å². The van der Waals surface area contributed by atoms with Crippen LogP contribution in [0.1, 0.15) is 55.8 Å². The summed E-state index contributed by atoms with van der Waals surface area (Å²) in [5.74, 6) is 0.488. The Hall–Kier alpha value is -1.35. The molecule has 1 aliphatic carbocycles. The minimum atomic E-state index is -0.581. The molecule has 98 valence electrons. The molecule has 1 unspecified atom stereocenters. The van der Waals surface area contributed by atoms with Gasteiger partial charge in [-0.05, 0) is 43.2 Å². The Bertz CT molecular complexity index is 393. The summed E-state index contributed by atoms with van der Waals surface area (Å²) in [5, 5.41) is 9.97. The second kappa shape index (κ2) is 6.01. The van der Waals surface area contributed by atoms with Gasteiger partial charge in [-0.15, -0.1) is 0 Å². The molecule has 0 spiro atoms. The summed E-state index contributed by atoms with van der Waals surface area (Å²) in [6.07, 6.45) is 2.67. The van der Waals surface area contributed by atoms with E-state index in [9.17, 15) is 9.90 Å². The quantitative estimate of drug-likeness (QED) is 0.787. The SMILES string of the molecule is CCOC(=O)CCC(O)c1ccc(C2CC2)cc1. The lowest BCUT2D eigenvalue weighted by Gasteiger charge is -2.11. The lowest BCUT2D eigenvalue weighted by molar-refractivity contribution is -0.143. The summed E-state index contributed by atoms with van der Waals surface area (Å²) in [6.45, 7) is 2.18. The van der Waals surface area contributed by atoms with Gasteiger partial charge in [-0.2, -0.15) is 0 Å². The molecule has 0 aliphatic heterocycles. The van der Waals surface area contributed by atoms with Crippen LogP contribution in [-0.2, 0) is 9.53 Å². The van der Waals surface area contributed by atoms with E-state index in [1.807, 2.05) is 12.1 Å². The Labute approximate surface area is 108 Å². The van der Waals surface area contributed by atoms with Crippen molar-refractivity contribution in [1.82, 2.24) is 0 Å². The third-order valence-electron chi connectivity index (χ3n) is 3.30. The number of hydrogen-bond donors (Lipinski definition) is 1. The molecular formula is C15H20O3. The Morgan fingerprint density at radius 3 is 2.61 bits per heavy atom. The zero-order valence-corrected chi connectivity index (χ0v) is 10.8. The van der Waals surface area contributed by atoms with Gasteiger partial charge in [0.25, 0.3) is 0 Å². The fourth-order valence-electron chi connectivity index (χ4n) is 2.06. The summed E-state index contributed by atoms with van der Waals surface area (Å²) in [4.78, 5) is 11.2. The fraction of sp³-hybridized carbons (Fsp3) is 0.533. The van der Waals surface area contributed by atoms with E-state index in [0.717, 1.165) is 11.5 Å². The summed E-state index contributed by atoms with van der Waals surface area (Å²) < 4.78 is 4.84. The summed E-state index contributed by atoms with van der Waals surface area (Å²) >= 11 is 0. The van der Waals surface area contributed by atoms with Gasteiger partial charge in [0.1, 0.15) is 0 Å². The molecule has 0 bridgehead atoms. The number of hydrogen-bond acceptors (Lipinski definition) is 3. The molecule has 3 heteroatoms. The molecule has 0 amide bonds. The van der Waals surface area contributed by atoms with Gasteiger partial charge < -0.3 is 9.84 Å². The largest absolute Gasteiger partial charge is 0.466 e. The monoisotopic (exact) mass is 248 g/mol. The van der Waals surface area contributed by atoms with Gasteiger partial charge >= 0.3 is 5.97 Å². The number of rotatable bonds is 6. The topological polar surface area (TPSA) is 46.5 Å². The number of benzene rings is 1. The second-order valence-corrected chi connectivity index (χ2v) is 4.80. The van der Waals surface area contributed by atoms with Crippen LogP contribution in [0.5, 0.6) is 0 Å². The van der Waals surface area contributed by atoms with Crippen molar-refractivity contribution in [1.29, 1.82) is 0 Å². The summed E-state index contributed by atoms with van der Waals surface area (Å²) in [5.41, 5.74) is 2.24. The van der Waals surface area contributed by atoms with Crippen LogP contribution in [0.4, 0.5) is 0 Å². The van der Waals surface area contributed by atoms with Gasteiger partial charge in [-0.3, -0.25) is 4.79 Å². The smallest absolute Gasteiger partial charge is 0.305 e. The highest BCUT2D eigenvalue weighted by Crippen LogP contribution is 2.40. The normalized spacial score (nSPS) is 16.3. The average molecular weight is 248 g/mol. The highest BCUT2D eigenvalue weighted by molar-refractivity contribution is 5.69. The zero-order chi connectivity index (χ0) is 13.0. The third kappa shape index (κ3) is 3.57. The van der Waals surface area contributed by atoms with Crippen LogP contribution in [0.15, 0.2) is 24.3 Å². The Morgan fingerprint density at radius 2 is 2.06 bits per heavy atom. The highest BCUT2D eigenvalue weighted by atomic mass is 16.5. The number of carbonyl (C=O) groups excluding carboxylic acids is 1. The van der Waals surface area contributed by atoms with Crippen LogP contribution >= 0.6 is 0 Å². The van der Waals surface area contributed by atoms with Crippen molar-refractivity contribution >= 4 is 5.97 Å². The Morgan fingerprint density at radius 1 is 1.39 bits per heavy atom.